The van der Waals surface area contributed by atoms with Crippen LogP contribution in [0.2, 0.25) is 0 Å². The Balaban J connectivity index is 1.71. The first-order chi connectivity index (χ1) is 15.5. The van der Waals surface area contributed by atoms with Gasteiger partial charge in [0.05, 0.1) is 13.2 Å². The van der Waals surface area contributed by atoms with Gasteiger partial charge in [-0.1, -0.05) is 66.2 Å². The monoisotopic (exact) mass is 456 g/mol. The molecule has 1 saturated carbocycles. The predicted molar refractivity (Wildman–Crippen MR) is 116 cm³/mol. The highest BCUT2D eigenvalue weighted by Crippen LogP contribution is 2.40. The van der Waals surface area contributed by atoms with Crippen LogP contribution in [0.15, 0.2) is 0 Å². The van der Waals surface area contributed by atoms with E-state index in [2.05, 4.69) is 27.7 Å². The Morgan fingerprint density at radius 3 is 1.28 bits per heavy atom. The van der Waals surface area contributed by atoms with E-state index >= 15 is 0 Å². The van der Waals surface area contributed by atoms with Gasteiger partial charge in [0, 0.05) is 0 Å². The Morgan fingerprint density at radius 2 is 1.00 bits per heavy atom. The summed E-state index contributed by atoms with van der Waals surface area (Å²) in [6.07, 6.45) is 3.09. The molecule has 0 aromatic carbocycles. The molecule has 3 rings (SSSR count). The topological polar surface area (TPSA) is 89.5 Å². The van der Waals surface area contributed by atoms with Crippen molar-refractivity contribution in [3.8, 4) is 0 Å². The summed E-state index contributed by atoms with van der Waals surface area (Å²) in [5, 5.41) is 0. The minimum absolute atomic E-state index is 0.390. The lowest BCUT2D eigenvalue weighted by Gasteiger charge is -2.41. The van der Waals surface area contributed by atoms with Crippen molar-refractivity contribution >= 4 is 12.3 Å². The maximum absolute atomic E-state index is 12.1. The van der Waals surface area contributed by atoms with E-state index in [0.717, 1.165) is 51.4 Å². The molecule has 0 N–H and O–H groups in total. The van der Waals surface area contributed by atoms with Crippen LogP contribution in [0.25, 0.3) is 0 Å². The second-order valence-corrected chi connectivity index (χ2v) is 9.26. The lowest BCUT2D eigenvalue weighted by molar-refractivity contribution is -0.191. The normalized spacial score (nSPS) is 32.9. The lowest BCUT2D eigenvalue weighted by atomic mass is 9.84. The smallest absolute Gasteiger partial charge is 0.424 e. The third-order valence-corrected chi connectivity index (χ3v) is 7.01. The van der Waals surface area contributed by atoms with E-state index in [0.29, 0.717) is 25.0 Å². The van der Waals surface area contributed by atoms with Crippen molar-refractivity contribution in [2.75, 3.05) is 13.2 Å². The molecule has 32 heavy (non-hydrogen) atoms. The molecule has 0 aromatic heterocycles. The number of fused-ring (bicyclic) bond motifs is 2. The summed E-state index contributed by atoms with van der Waals surface area (Å²) in [5.41, 5.74) is 0. The van der Waals surface area contributed by atoms with Crippen molar-refractivity contribution in [2.45, 2.75) is 116 Å². The zero-order chi connectivity index (χ0) is 23.1. The first-order valence-corrected chi connectivity index (χ1v) is 12.5. The summed E-state index contributed by atoms with van der Waals surface area (Å²) in [6.45, 7) is 9.62. The Labute approximate surface area is 191 Å². The SMILES string of the molecule is CCCCC(CC)COC1[C@H]2OC(=O)O[C@H]2C(OCC(CC)CCCC)[C@@H]2OC(=O)O[C@@H]12. The van der Waals surface area contributed by atoms with Gasteiger partial charge in [-0.2, -0.15) is 0 Å². The van der Waals surface area contributed by atoms with E-state index in [1.54, 1.807) is 0 Å². The fourth-order valence-corrected chi connectivity index (χ4v) is 4.83. The average molecular weight is 457 g/mol. The number of hydrogen-bond acceptors (Lipinski definition) is 8. The Hall–Kier alpha value is -1.54. The van der Waals surface area contributed by atoms with Crippen molar-refractivity contribution in [3.63, 3.8) is 0 Å². The Bertz CT molecular complexity index is 531. The number of unbranched alkanes of at least 4 members (excludes halogenated alkanes) is 2. The maximum atomic E-state index is 12.1. The second kappa shape index (κ2) is 12.1. The third-order valence-electron chi connectivity index (χ3n) is 7.01. The van der Waals surface area contributed by atoms with Gasteiger partial charge in [0.2, 0.25) is 0 Å². The van der Waals surface area contributed by atoms with Crippen molar-refractivity contribution < 1.29 is 38.0 Å². The molecule has 0 radical (unpaired) electrons. The van der Waals surface area contributed by atoms with Gasteiger partial charge in [-0.05, 0) is 24.7 Å². The van der Waals surface area contributed by atoms with Crippen LogP contribution in [0.4, 0.5) is 9.59 Å². The first-order valence-electron chi connectivity index (χ1n) is 12.5. The van der Waals surface area contributed by atoms with E-state index in [-0.39, 0.29) is 0 Å². The Kier molecular flexibility index (Phi) is 9.46. The van der Waals surface area contributed by atoms with E-state index in [1.807, 2.05) is 0 Å². The van der Waals surface area contributed by atoms with Gasteiger partial charge >= 0.3 is 12.3 Å². The van der Waals surface area contributed by atoms with Crippen LogP contribution in [0, 0.1) is 11.8 Å². The van der Waals surface area contributed by atoms with Crippen molar-refractivity contribution in [1.82, 2.24) is 0 Å². The predicted octanol–water partition coefficient (Wildman–Crippen LogP) is 5.01. The maximum Gasteiger partial charge on any atom is 0.509 e. The van der Waals surface area contributed by atoms with Gasteiger partial charge in [0.25, 0.3) is 0 Å². The largest absolute Gasteiger partial charge is 0.509 e. The molecule has 2 aliphatic heterocycles. The summed E-state index contributed by atoms with van der Waals surface area (Å²) < 4.78 is 34.4. The second-order valence-electron chi connectivity index (χ2n) is 9.26. The highest BCUT2D eigenvalue weighted by Gasteiger charge is 2.64. The molecule has 3 fully saturated rings. The van der Waals surface area contributed by atoms with Crippen molar-refractivity contribution in [3.05, 3.63) is 0 Å². The van der Waals surface area contributed by atoms with Gasteiger partial charge in [-0.25, -0.2) is 9.59 Å². The van der Waals surface area contributed by atoms with Crippen molar-refractivity contribution in [2.24, 2.45) is 11.8 Å². The molecule has 1 aliphatic carbocycles. The molecule has 0 aromatic rings. The number of ether oxygens (including phenoxy) is 6. The van der Waals surface area contributed by atoms with Crippen LogP contribution < -0.4 is 0 Å². The summed E-state index contributed by atoms with van der Waals surface area (Å²) in [7, 11) is 0. The van der Waals surface area contributed by atoms with Gasteiger partial charge in [0.15, 0.2) is 24.4 Å². The summed E-state index contributed by atoms with van der Waals surface area (Å²) in [4.78, 5) is 24.1. The summed E-state index contributed by atoms with van der Waals surface area (Å²) in [6, 6.07) is 0. The molecule has 0 bridgehead atoms. The highest BCUT2D eigenvalue weighted by atomic mass is 16.8. The number of rotatable bonds is 14. The molecule has 184 valence electrons. The number of carbonyl (C=O) groups excluding carboxylic acids is 2. The van der Waals surface area contributed by atoms with E-state index in [1.165, 1.54) is 0 Å². The van der Waals surface area contributed by atoms with Crippen LogP contribution in [-0.2, 0) is 28.4 Å². The van der Waals surface area contributed by atoms with E-state index in [4.69, 9.17) is 28.4 Å². The molecule has 0 spiro atoms. The van der Waals surface area contributed by atoms with Crippen molar-refractivity contribution in [1.29, 1.82) is 0 Å². The summed E-state index contributed by atoms with van der Waals surface area (Å²) >= 11 is 0. The van der Waals surface area contributed by atoms with E-state index in [9.17, 15) is 9.59 Å². The van der Waals surface area contributed by atoms with Crippen LogP contribution in [0.1, 0.15) is 79.1 Å². The quantitative estimate of drug-likeness (QED) is 0.337. The molecular formula is C24H40O8. The number of carbonyl (C=O) groups is 2. The molecule has 8 nitrogen and oxygen atoms in total. The number of hydrogen-bond donors (Lipinski definition) is 0. The van der Waals surface area contributed by atoms with Crippen LogP contribution >= 0.6 is 0 Å². The first kappa shape index (κ1) is 25.1. The standard InChI is InChI=1S/C24H40O8/c1-5-9-11-15(7-3)13-27-17-19-21(31-23(25)29-19)18(22-20(17)30-24(26)32-22)28-14-16(8-4)12-10-6-2/h15-22H,5-14H2,1-4H3/t15?,16?,17?,18?,19-,20-,21-,22+/m0/s1. The Morgan fingerprint density at radius 1 is 0.656 bits per heavy atom. The molecule has 4 unspecified atom stereocenters. The van der Waals surface area contributed by atoms with Gasteiger partial charge < -0.3 is 28.4 Å². The molecule has 0 amide bonds. The molecule has 2 heterocycles. The van der Waals surface area contributed by atoms with Gasteiger partial charge in [0.1, 0.15) is 12.2 Å². The molecule has 3 aliphatic rings. The zero-order valence-corrected chi connectivity index (χ0v) is 20.0. The zero-order valence-electron chi connectivity index (χ0n) is 20.0. The van der Waals surface area contributed by atoms with Gasteiger partial charge in [-0.15, -0.1) is 0 Å². The fourth-order valence-electron chi connectivity index (χ4n) is 4.83. The minimum Gasteiger partial charge on any atom is -0.424 e. The van der Waals surface area contributed by atoms with Gasteiger partial charge in [-0.3, -0.25) is 0 Å². The molecular weight excluding hydrogens is 416 g/mol. The highest BCUT2D eigenvalue weighted by molar-refractivity contribution is 5.65. The minimum atomic E-state index is -0.746. The molecule has 2 saturated heterocycles. The molecule has 8 atom stereocenters. The average Bonchev–Trinajstić information content (AvgIpc) is 3.36. The third kappa shape index (κ3) is 5.87. The lowest BCUT2D eigenvalue weighted by Crippen LogP contribution is -2.63. The van der Waals surface area contributed by atoms with Crippen LogP contribution in [0.5, 0.6) is 0 Å². The van der Waals surface area contributed by atoms with Crippen LogP contribution in [-0.4, -0.2) is 62.1 Å². The molecule has 8 heteroatoms. The van der Waals surface area contributed by atoms with E-state index < -0.39 is 48.9 Å². The summed E-state index contributed by atoms with van der Waals surface area (Å²) in [5.74, 6) is 0.779. The van der Waals surface area contributed by atoms with Crippen LogP contribution in [0.3, 0.4) is 0 Å². The fraction of sp³-hybridized carbons (Fsp3) is 0.917.